The topological polar surface area (TPSA) is 63.1 Å². The Bertz CT molecular complexity index is 972. The van der Waals surface area contributed by atoms with Crippen LogP contribution < -0.4 is 4.74 Å². The van der Waals surface area contributed by atoms with E-state index in [-0.39, 0.29) is 12.5 Å². The van der Waals surface area contributed by atoms with Gasteiger partial charge in [-0.25, -0.2) is 0 Å². The fourth-order valence-electron chi connectivity index (χ4n) is 3.02. The first kappa shape index (κ1) is 17.9. The van der Waals surface area contributed by atoms with Crippen molar-refractivity contribution in [2.75, 3.05) is 7.11 Å². The Morgan fingerprint density at radius 2 is 2.15 bits per heavy atom. The van der Waals surface area contributed by atoms with Crippen LogP contribution in [-0.4, -0.2) is 38.7 Å². The van der Waals surface area contributed by atoms with Crippen LogP contribution in [0.25, 0.3) is 10.7 Å². The molecule has 1 N–H and O–H groups in total. The first-order valence-electron chi connectivity index (χ1n) is 8.77. The molecule has 0 radical (unpaired) electrons. The number of rotatable bonds is 7. The zero-order valence-electron chi connectivity index (χ0n) is 14.9. The molecule has 1 aliphatic carbocycles. The van der Waals surface area contributed by atoms with Crippen molar-refractivity contribution in [3.8, 4) is 16.5 Å². The molecular formula is C19H20N4O2S2. The van der Waals surface area contributed by atoms with Crippen molar-refractivity contribution in [1.29, 1.82) is 0 Å². The third-order valence-electron chi connectivity index (χ3n) is 4.61. The number of ether oxygens (including phenoxy) is 1. The molecule has 3 aromatic rings. The van der Waals surface area contributed by atoms with E-state index in [9.17, 15) is 4.79 Å². The Morgan fingerprint density at radius 1 is 1.37 bits per heavy atom. The van der Waals surface area contributed by atoms with E-state index >= 15 is 0 Å². The summed E-state index contributed by atoms with van der Waals surface area (Å²) in [5, 5.41) is 9.11. The molecule has 1 fully saturated rings. The lowest BCUT2D eigenvalue weighted by molar-refractivity contribution is -0.133. The predicted molar refractivity (Wildman–Crippen MR) is 107 cm³/mol. The van der Waals surface area contributed by atoms with Crippen molar-refractivity contribution in [3.63, 3.8) is 0 Å². The number of carbonyl (C=O) groups excluding carboxylic acids is 1. The average molecular weight is 401 g/mol. The van der Waals surface area contributed by atoms with Crippen molar-refractivity contribution in [3.05, 3.63) is 52.1 Å². The number of carbonyl (C=O) groups is 1. The van der Waals surface area contributed by atoms with E-state index in [2.05, 4.69) is 10.2 Å². The van der Waals surface area contributed by atoms with Gasteiger partial charge in [0, 0.05) is 12.6 Å². The zero-order valence-corrected chi connectivity index (χ0v) is 16.6. The highest BCUT2D eigenvalue weighted by atomic mass is 32.1. The number of thiophene rings is 1. The van der Waals surface area contributed by atoms with Gasteiger partial charge in [0.05, 0.1) is 12.0 Å². The second-order valence-corrected chi connectivity index (χ2v) is 7.85. The molecule has 0 atom stereocenters. The monoisotopic (exact) mass is 400 g/mol. The summed E-state index contributed by atoms with van der Waals surface area (Å²) in [6, 6.07) is 12.1. The van der Waals surface area contributed by atoms with Crippen LogP contribution in [0.2, 0.25) is 0 Å². The first-order valence-corrected chi connectivity index (χ1v) is 10.1. The molecule has 140 valence electrons. The highest BCUT2D eigenvalue weighted by molar-refractivity contribution is 7.71. The maximum absolute atomic E-state index is 13.1. The summed E-state index contributed by atoms with van der Waals surface area (Å²) < 4.78 is 7.46. The van der Waals surface area contributed by atoms with Crippen molar-refractivity contribution >= 4 is 29.5 Å². The molecule has 27 heavy (non-hydrogen) atoms. The lowest BCUT2D eigenvalue weighted by atomic mass is 10.2. The molecule has 1 amide bonds. The van der Waals surface area contributed by atoms with E-state index in [1.165, 1.54) is 0 Å². The molecular weight excluding hydrogens is 380 g/mol. The molecule has 2 aromatic heterocycles. The molecule has 0 aliphatic heterocycles. The largest absolute Gasteiger partial charge is 0.497 e. The minimum atomic E-state index is 0.0589. The second kappa shape index (κ2) is 7.66. The van der Waals surface area contributed by atoms with Crippen molar-refractivity contribution in [2.45, 2.75) is 32.0 Å². The summed E-state index contributed by atoms with van der Waals surface area (Å²) in [4.78, 5) is 16.0. The van der Waals surface area contributed by atoms with Crippen LogP contribution in [-0.2, 0) is 17.9 Å². The van der Waals surface area contributed by atoms with E-state index < -0.39 is 0 Å². The minimum absolute atomic E-state index is 0.0589. The molecule has 1 aliphatic rings. The lowest BCUT2D eigenvalue weighted by Crippen LogP contribution is -2.35. The third kappa shape index (κ3) is 3.96. The average Bonchev–Trinajstić information content (AvgIpc) is 3.26. The number of nitrogens with zero attached hydrogens (tertiary/aromatic N) is 3. The van der Waals surface area contributed by atoms with E-state index in [0.717, 1.165) is 29.0 Å². The Kier molecular flexibility index (Phi) is 5.09. The molecule has 6 nitrogen and oxygen atoms in total. The number of aromatic nitrogens is 3. The van der Waals surface area contributed by atoms with Gasteiger partial charge in [0.2, 0.25) is 5.91 Å². The molecule has 4 rings (SSSR count). The van der Waals surface area contributed by atoms with E-state index in [1.807, 2.05) is 46.7 Å². The summed E-state index contributed by atoms with van der Waals surface area (Å²) in [6.07, 6.45) is 2.10. The Labute approximate surface area is 166 Å². The van der Waals surface area contributed by atoms with Gasteiger partial charge in [0.1, 0.15) is 12.3 Å². The summed E-state index contributed by atoms with van der Waals surface area (Å²) in [7, 11) is 1.65. The maximum atomic E-state index is 13.1. The molecule has 0 unspecified atom stereocenters. The minimum Gasteiger partial charge on any atom is -0.497 e. The van der Waals surface area contributed by atoms with Crippen LogP contribution in [0.3, 0.4) is 0 Å². The number of methoxy groups -OCH3 is 1. The summed E-state index contributed by atoms with van der Waals surface area (Å²) in [5.41, 5.74) is 1.09. The summed E-state index contributed by atoms with van der Waals surface area (Å²) >= 11 is 6.93. The highest BCUT2D eigenvalue weighted by Gasteiger charge is 2.33. The number of H-pyrrole nitrogens is 1. The number of nitrogens with one attached hydrogen (secondary N) is 1. The summed E-state index contributed by atoms with van der Waals surface area (Å²) in [5.74, 6) is 1.58. The first-order chi connectivity index (χ1) is 13.2. The SMILES string of the molecule is COc1ccc(CN(C(=O)Cn2c(-c3cccs3)n[nH]c2=S)C2CC2)cc1. The molecule has 0 bridgehead atoms. The number of hydrogen-bond acceptors (Lipinski definition) is 5. The van der Waals surface area contributed by atoms with Crippen molar-refractivity contribution < 1.29 is 9.53 Å². The fourth-order valence-corrected chi connectivity index (χ4v) is 3.94. The second-order valence-electron chi connectivity index (χ2n) is 6.52. The van der Waals surface area contributed by atoms with E-state index in [1.54, 1.807) is 23.0 Å². The van der Waals surface area contributed by atoms with Gasteiger partial charge >= 0.3 is 0 Å². The van der Waals surface area contributed by atoms with Gasteiger partial charge in [-0.3, -0.25) is 14.5 Å². The van der Waals surface area contributed by atoms with Crippen molar-refractivity contribution in [2.24, 2.45) is 0 Å². The Morgan fingerprint density at radius 3 is 2.78 bits per heavy atom. The van der Waals surface area contributed by atoms with Crippen LogP contribution in [0, 0.1) is 4.77 Å². The van der Waals surface area contributed by atoms with Crippen LogP contribution in [0.1, 0.15) is 18.4 Å². The lowest BCUT2D eigenvalue weighted by Gasteiger charge is -2.23. The van der Waals surface area contributed by atoms with Crippen LogP contribution in [0.4, 0.5) is 0 Å². The molecule has 1 saturated carbocycles. The molecule has 0 saturated heterocycles. The van der Waals surface area contributed by atoms with Gasteiger partial charge < -0.3 is 9.64 Å². The van der Waals surface area contributed by atoms with Crippen LogP contribution in [0.5, 0.6) is 5.75 Å². The van der Waals surface area contributed by atoms with E-state index in [4.69, 9.17) is 17.0 Å². The van der Waals surface area contributed by atoms with Gasteiger partial charge in [-0.1, -0.05) is 18.2 Å². The van der Waals surface area contributed by atoms with Crippen molar-refractivity contribution in [1.82, 2.24) is 19.7 Å². The van der Waals surface area contributed by atoms with Gasteiger partial charge in [-0.15, -0.1) is 11.3 Å². The molecule has 2 heterocycles. The fraction of sp³-hybridized carbons (Fsp3) is 0.316. The van der Waals surface area contributed by atoms with Gasteiger partial charge in [-0.2, -0.15) is 5.10 Å². The van der Waals surface area contributed by atoms with Crippen LogP contribution in [0.15, 0.2) is 41.8 Å². The maximum Gasteiger partial charge on any atom is 0.243 e. The molecule has 0 spiro atoms. The van der Waals surface area contributed by atoms with E-state index in [0.29, 0.717) is 23.2 Å². The van der Waals surface area contributed by atoms with Gasteiger partial charge in [0.25, 0.3) is 0 Å². The predicted octanol–water partition coefficient (Wildman–Crippen LogP) is 3.87. The Hall–Kier alpha value is -2.45. The smallest absolute Gasteiger partial charge is 0.243 e. The van der Waals surface area contributed by atoms with Gasteiger partial charge in [-0.05, 0) is 54.2 Å². The Balaban J connectivity index is 1.53. The zero-order chi connectivity index (χ0) is 18.8. The number of benzene rings is 1. The normalized spacial score (nSPS) is 13.5. The van der Waals surface area contributed by atoms with Crippen LogP contribution >= 0.6 is 23.6 Å². The highest BCUT2D eigenvalue weighted by Crippen LogP contribution is 2.30. The third-order valence-corrected chi connectivity index (χ3v) is 5.79. The standard InChI is InChI=1S/C19H20N4O2S2/c1-25-15-8-4-13(5-9-15)11-22(14-6-7-14)17(24)12-23-18(20-21-19(23)26)16-3-2-10-27-16/h2-5,8-10,14H,6-7,11-12H2,1H3,(H,21,26). The van der Waals surface area contributed by atoms with Gasteiger partial charge in [0.15, 0.2) is 10.6 Å². The number of hydrogen-bond donors (Lipinski definition) is 1. The number of aromatic amines is 1. The quantitative estimate of drug-likeness (QED) is 0.612. The molecule has 8 heteroatoms. The summed E-state index contributed by atoms with van der Waals surface area (Å²) in [6.45, 7) is 0.780. The number of amides is 1. The molecule has 1 aromatic carbocycles.